The van der Waals surface area contributed by atoms with Gasteiger partial charge in [-0.3, -0.25) is 9.59 Å². The van der Waals surface area contributed by atoms with E-state index in [0.717, 1.165) is 51.4 Å². The van der Waals surface area contributed by atoms with Gasteiger partial charge < -0.3 is 15.6 Å². The Balaban J connectivity index is 1.53. The Bertz CT molecular complexity index is 671. The van der Waals surface area contributed by atoms with E-state index < -0.39 is 16.9 Å². The fourth-order valence-corrected chi connectivity index (χ4v) is 8.03. The molecule has 8 atom stereocenters. The van der Waals surface area contributed by atoms with Gasteiger partial charge in [-0.25, -0.2) is 0 Å². The zero-order valence-corrected chi connectivity index (χ0v) is 17.8. The number of primary amides is 1. The lowest BCUT2D eigenvalue weighted by Crippen LogP contribution is -2.60. The summed E-state index contributed by atoms with van der Waals surface area (Å²) in [4.78, 5) is 23.7. The summed E-state index contributed by atoms with van der Waals surface area (Å²) >= 11 is 5.61. The molecule has 4 saturated carbocycles. The molecular weight excluding hydrogens is 378 g/mol. The molecule has 158 valence electrons. The van der Waals surface area contributed by atoms with E-state index in [0.29, 0.717) is 30.1 Å². The lowest BCUT2D eigenvalue weighted by Gasteiger charge is -2.61. The average Bonchev–Trinajstić information content (AvgIpc) is 2.94. The molecule has 3 N–H and O–H groups in total. The highest BCUT2D eigenvalue weighted by molar-refractivity contribution is 6.26. The Kier molecular flexibility index (Phi) is 5.02. The fourth-order valence-electron chi connectivity index (χ4n) is 7.96. The van der Waals surface area contributed by atoms with Crippen LogP contribution in [0.2, 0.25) is 0 Å². The van der Waals surface area contributed by atoms with Gasteiger partial charge in [0.25, 0.3) is 0 Å². The summed E-state index contributed by atoms with van der Waals surface area (Å²) in [6, 6.07) is 0. The molecule has 2 unspecified atom stereocenters. The minimum Gasteiger partial charge on any atom is -0.461 e. The molecule has 0 aromatic rings. The lowest BCUT2D eigenvalue weighted by molar-refractivity contribution is -0.175. The van der Waals surface area contributed by atoms with Crippen LogP contribution in [0.5, 0.6) is 0 Å². The third-order valence-electron chi connectivity index (χ3n) is 9.58. The van der Waals surface area contributed by atoms with Crippen molar-refractivity contribution in [3.05, 3.63) is 0 Å². The van der Waals surface area contributed by atoms with Crippen LogP contribution in [0, 0.1) is 34.5 Å². The van der Waals surface area contributed by atoms with Crippen molar-refractivity contribution in [3.63, 3.8) is 0 Å². The van der Waals surface area contributed by atoms with Crippen molar-refractivity contribution >= 4 is 23.5 Å². The van der Waals surface area contributed by atoms with E-state index in [1.54, 1.807) is 0 Å². The summed E-state index contributed by atoms with van der Waals surface area (Å²) in [6.07, 6.45) is 8.50. The van der Waals surface area contributed by atoms with Crippen molar-refractivity contribution in [1.82, 2.24) is 0 Å². The van der Waals surface area contributed by atoms with Crippen LogP contribution in [0.4, 0.5) is 0 Å². The Morgan fingerprint density at radius 1 is 1.07 bits per heavy atom. The molecule has 4 aliphatic carbocycles. The highest BCUT2D eigenvalue weighted by atomic mass is 35.5. The molecule has 4 fully saturated rings. The van der Waals surface area contributed by atoms with Crippen LogP contribution in [0.25, 0.3) is 0 Å². The van der Waals surface area contributed by atoms with E-state index >= 15 is 0 Å². The van der Waals surface area contributed by atoms with Crippen LogP contribution >= 0.6 is 11.6 Å². The molecule has 0 saturated heterocycles. The number of nitrogens with two attached hydrogens (primary N) is 1. The minimum atomic E-state index is -1.35. The molecule has 1 amide bonds. The predicted molar refractivity (Wildman–Crippen MR) is 106 cm³/mol. The van der Waals surface area contributed by atoms with Gasteiger partial charge in [-0.15, -0.1) is 11.6 Å². The van der Waals surface area contributed by atoms with Gasteiger partial charge in [0.2, 0.25) is 5.91 Å². The van der Waals surface area contributed by atoms with Crippen LogP contribution < -0.4 is 5.73 Å². The zero-order chi connectivity index (χ0) is 20.3. The van der Waals surface area contributed by atoms with Gasteiger partial charge in [-0.1, -0.05) is 13.8 Å². The van der Waals surface area contributed by atoms with Crippen molar-refractivity contribution in [2.75, 3.05) is 5.88 Å². The number of esters is 1. The van der Waals surface area contributed by atoms with Gasteiger partial charge in [0.1, 0.15) is 17.6 Å². The van der Waals surface area contributed by atoms with E-state index in [9.17, 15) is 14.7 Å². The molecule has 6 heteroatoms. The van der Waals surface area contributed by atoms with E-state index in [4.69, 9.17) is 22.1 Å². The first-order chi connectivity index (χ1) is 13.2. The molecule has 4 rings (SSSR count). The number of hydrogen-bond acceptors (Lipinski definition) is 4. The number of amides is 1. The van der Waals surface area contributed by atoms with E-state index in [-0.39, 0.29) is 23.4 Å². The number of carbonyl (C=O) groups is 2. The number of alkyl halides is 1. The molecule has 0 heterocycles. The van der Waals surface area contributed by atoms with Gasteiger partial charge in [-0.05, 0) is 86.9 Å². The third-order valence-corrected chi connectivity index (χ3v) is 9.80. The second-order valence-corrected chi connectivity index (χ2v) is 10.7. The lowest BCUT2D eigenvalue weighted by atomic mass is 9.44. The maximum absolute atomic E-state index is 12.1. The number of rotatable bonds is 3. The highest BCUT2D eigenvalue weighted by Crippen LogP contribution is 2.68. The maximum atomic E-state index is 12.1. The highest BCUT2D eigenvalue weighted by Gasteiger charge is 2.66. The molecule has 0 aliphatic heterocycles. The second kappa shape index (κ2) is 6.87. The Morgan fingerprint density at radius 3 is 2.46 bits per heavy atom. The van der Waals surface area contributed by atoms with Gasteiger partial charge in [0.15, 0.2) is 0 Å². The van der Waals surface area contributed by atoms with Gasteiger partial charge in [0.05, 0.1) is 0 Å². The van der Waals surface area contributed by atoms with Gasteiger partial charge in [0, 0.05) is 5.41 Å². The Hall–Kier alpha value is -0.810. The number of halogens is 1. The zero-order valence-electron chi connectivity index (χ0n) is 17.1. The number of hydrogen-bond donors (Lipinski definition) is 2. The molecule has 4 aliphatic rings. The quantitative estimate of drug-likeness (QED) is 0.550. The van der Waals surface area contributed by atoms with Crippen LogP contribution in [-0.2, 0) is 14.3 Å². The van der Waals surface area contributed by atoms with Gasteiger partial charge >= 0.3 is 5.97 Å². The first-order valence-corrected chi connectivity index (χ1v) is 11.5. The first-order valence-electron chi connectivity index (χ1n) is 10.9. The summed E-state index contributed by atoms with van der Waals surface area (Å²) in [7, 11) is 0. The van der Waals surface area contributed by atoms with Crippen molar-refractivity contribution in [1.29, 1.82) is 0 Å². The van der Waals surface area contributed by atoms with Crippen molar-refractivity contribution in [2.45, 2.75) is 83.3 Å². The largest absolute Gasteiger partial charge is 0.461 e. The van der Waals surface area contributed by atoms with Crippen LogP contribution in [0.1, 0.15) is 71.6 Å². The summed E-state index contributed by atoms with van der Waals surface area (Å²) in [5.41, 5.74) is 4.16. The monoisotopic (exact) mass is 411 g/mol. The number of fused-ring (bicyclic) bond motifs is 5. The Morgan fingerprint density at radius 2 is 1.79 bits per heavy atom. The van der Waals surface area contributed by atoms with Crippen LogP contribution in [-0.4, -0.2) is 34.6 Å². The van der Waals surface area contributed by atoms with Crippen molar-refractivity contribution in [2.24, 2.45) is 40.2 Å². The van der Waals surface area contributed by atoms with Crippen LogP contribution in [0.15, 0.2) is 0 Å². The summed E-state index contributed by atoms with van der Waals surface area (Å²) < 4.78 is 5.55. The number of ether oxygens (including phenoxy) is 1. The molecule has 0 spiro atoms. The third kappa shape index (κ3) is 2.75. The van der Waals surface area contributed by atoms with E-state index in [1.165, 1.54) is 0 Å². The molecule has 0 aromatic heterocycles. The smallest absolute Gasteiger partial charge is 0.321 e. The number of aliphatic hydroxyl groups is 1. The van der Waals surface area contributed by atoms with E-state index in [1.807, 2.05) is 0 Å². The fraction of sp³-hybridized carbons (Fsp3) is 0.909. The predicted octanol–water partition coefficient (Wildman–Crippen LogP) is 3.40. The maximum Gasteiger partial charge on any atom is 0.321 e. The minimum absolute atomic E-state index is 0.00108. The first kappa shape index (κ1) is 20.5. The molecule has 0 bridgehead atoms. The summed E-state index contributed by atoms with van der Waals surface area (Å²) in [5, 5.41) is 11.1. The summed E-state index contributed by atoms with van der Waals surface area (Å²) in [5.74, 6) is 1.17. The molecule has 0 aromatic carbocycles. The van der Waals surface area contributed by atoms with Crippen molar-refractivity contribution < 1.29 is 19.4 Å². The topological polar surface area (TPSA) is 89.6 Å². The Labute approximate surface area is 172 Å². The summed E-state index contributed by atoms with van der Waals surface area (Å²) in [6.45, 7) is 4.54. The second-order valence-electron chi connectivity index (χ2n) is 10.4. The standard InChI is InChI=1S/C22H34ClNO4/c1-20-8-5-14(28-18(25)12-23)11-13(20)3-4-15-16(20)6-9-21(2)17(15)7-10-22(21,27)19(24)26/h13-17,27H,3-12H2,1-2H3,(H2,24,26)/t13?,14-,15+,16-,17-,20-,21-,22?/m0/s1. The molecule has 5 nitrogen and oxygen atoms in total. The normalized spacial score (nSPS) is 50.2. The van der Waals surface area contributed by atoms with Gasteiger partial charge in [-0.2, -0.15) is 0 Å². The SMILES string of the molecule is C[C@]12CC[C@H](OC(=O)CCl)CC1CC[C@@H]1[C@@H]2CC[C@@]2(C)[C@H]1CCC2(O)C(N)=O. The molecular formula is C22H34ClNO4. The average molecular weight is 412 g/mol. The van der Waals surface area contributed by atoms with Crippen LogP contribution in [0.3, 0.4) is 0 Å². The van der Waals surface area contributed by atoms with Crippen molar-refractivity contribution in [3.8, 4) is 0 Å². The molecule has 0 radical (unpaired) electrons. The van der Waals surface area contributed by atoms with E-state index in [2.05, 4.69) is 13.8 Å². The molecule has 28 heavy (non-hydrogen) atoms. The number of carbonyl (C=O) groups excluding carboxylic acids is 2.